The fourth-order valence-electron chi connectivity index (χ4n) is 6.10. The zero-order valence-corrected chi connectivity index (χ0v) is 13.4. The lowest BCUT2D eigenvalue weighted by Gasteiger charge is -2.55. The topological polar surface area (TPSA) is 46.2 Å². The predicted octanol–water partition coefficient (Wildman–Crippen LogP) is 3.41. The number of aliphatic hydroxyl groups excluding tert-OH is 1. The Morgan fingerprint density at radius 3 is 2.81 bits per heavy atom. The molecule has 116 valence electrons. The Hall–Kier alpha value is -0.600. The minimum absolute atomic E-state index is 0.230. The first-order chi connectivity index (χ1) is 9.95. The Kier molecular flexibility index (Phi) is 2.97. The van der Waals surface area contributed by atoms with Gasteiger partial charge in [-0.15, -0.1) is 0 Å². The maximum absolute atomic E-state index is 9.96. The van der Waals surface area contributed by atoms with E-state index in [0.717, 1.165) is 12.8 Å². The Bertz CT molecular complexity index is 510. The molecule has 0 aromatic carbocycles. The molecular formula is C19H29NO. The molecule has 0 radical (unpaired) electrons. The van der Waals surface area contributed by atoms with Crippen LogP contribution in [-0.4, -0.2) is 17.3 Å². The van der Waals surface area contributed by atoms with E-state index in [4.69, 9.17) is 5.73 Å². The summed E-state index contributed by atoms with van der Waals surface area (Å²) in [5, 5.41) is 9.96. The van der Waals surface area contributed by atoms with E-state index >= 15 is 0 Å². The molecule has 3 N–H and O–H groups in total. The molecule has 0 aromatic heterocycles. The third kappa shape index (κ3) is 1.78. The van der Waals surface area contributed by atoms with E-state index in [1.54, 1.807) is 5.57 Å². The molecule has 0 heterocycles. The van der Waals surface area contributed by atoms with E-state index < -0.39 is 0 Å². The van der Waals surface area contributed by atoms with Crippen molar-refractivity contribution in [1.82, 2.24) is 0 Å². The molecular weight excluding hydrogens is 258 g/mol. The van der Waals surface area contributed by atoms with Gasteiger partial charge >= 0.3 is 0 Å². The average Bonchev–Trinajstić information content (AvgIpc) is 2.76. The highest BCUT2D eigenvalue weighted by atomic mass is 16.3. The Morgan fingerprint density at radius 1 is 1.19 bits per heavy atom. The van der Waals surface area contributed by atoms with E-state index in [0.29, 0.717) is 29.2 Å². The van der Waals surface area contributed by atoms with Gasteiger partial charge in [-0.1, -0.05) is 37.6 Å². The number of hydrogen-bond donors (Lipinski definition) is 2. The van der Waals surface area contributed by atoms with Crippen molar-refractivity contribution in [3.63, 3.8) is 0 Å². The monoisotopic (exact) mass is 287 g/mol. The summed E-state index contributed by atoms with van der Waals surface area (Å²) in [6.07, 6.45) is 13.8. The lowest BCUT2D eigenvalue weighted by molar-refractivity contribution is 0.0379. The molecule has 7 atom stereocenters. The molecule has 0 bridgehead atoms. The van der Waals surface area contributed by atoms with Gasteiger partial charge in [-0.3, -0.25) is 0 Å². The SMILES string of the molecule is C[C@]12C=CC(O)CC1CC=C1[C@H]2CC[C@]2(C)C(N)CC[C@@H]12. The van der Waals surface area contributed by atoms with Crippen molar-refractivity contribution in [3.8, 4) is 0 Å². The van der Waals surface area contributed by atoms with Gasteiger partial charge in [-0.2, -0.15) is 0 Å². The van der Waals surface area contributed by atoms with Gasteiger partial charge in [0.25, 0.3) is 0 Å². The summed E-state index contributed by atoms with van der Waals surface area (Å²) < 4.78 is 0. The van der Waals surface area contributed by atoms with Crippen LogP contribution in [0.2, 0.25) is 0 Å². The average molecular weight is 287 g/mol. The van der Waals surface area contributed by atoms with E-state index in [1.165, 1.54) is 25.7 Å². The fourth-order valence-corrected chi connectivity index (χ4v) is 6.10. The number of hydrogen-bond acceptors (Lipinski definition) is 2. The number of allylic oxidation sites excluding steroid dienone is 3. The third-order valence-corrected chi connectivity index (χ3v) is 7.66. The van der Waals surface area contributed by atoms with Crippen LogP contribution in [-0.2, 0) is 0 Å². The largest absolute Gasteiger partial charge is 0.389 e. The van der Waals surface area contributed by atoms with Crippen molar-refractivity contribution in [1.29, 1.82) is 0 Å². The first-order valence-corrected chi connectivity index (χ1v) is 8.78. The highest BCUT2D eigenvalue weighted by molar-refractivity contribution is 5.31. The van der Waals surface area contributed by atoms with Crippen LogP contribution in [0.5, 0.6) is 0 Å². The first-order valence-electron chi connectivity index (χ1n) is 8.78. The number of nitrogens with two attached hydrogens (primary N) is 1. The van der Waals surface area contributed by atoms with Gasteiger partial charge in [0.15, 0.2) is 0 Å². The maximum Gasteiger partial charge on any atom is 0.0724 e. The number of aliphatic hydroxyl groups is 1. The van der Waals surface area contributed by atoms with Crippen LogP contribution in [0.15, 0.2) is 23.8 Å². The van der Waals surface area contributed by atoms with Crippen molar-refractivity contribution in [2.75, 3.05) is 0 Å². The second-order valence-corrected chi connectivity index (χ2v) is 8.50. The third-order valence-electron chi connectivity index (χ3n) is 7.66. The molecule has 4 rings (SSSR count). The Labute approximate surface area is 128 Å². The van der Waals surface area contributed by atoms with E-state index in [1.807, 2.05) is 6.08 Å². The van der Waals surface area contributed by atoms with Crippen LogP contribution in [0.3, 0.4) is 0 Å². The van der Waals surface area contributed by atoms with Gasteiger partial charge in [0, 0.05) is 6.04 Å². The zero-order chi connectivity index (χ0) is 14.8. The van der Waals surface area contributed by atoms with Crippen LogP contribution >= 0.6 is 0 Å². The van der Waals surface area contributed by atoms with Crippen LogP contribution in [0.4, 0.5) is 0 Å². The lowest BCUT2D eigenvalue weighted by atomic mass is 9.50. The lowest BCUT2D eigenvalue weighted by Crippen LogP contribution is -2.49. The van der Waals surface area contributed by atoms with Crippen molar-refractivity contribution in [2.45, 2.75) is 64.5 Å². The van der Waals surface area contributed by atoms with Crippen molar-refractivity contribution >= 4 is 0 Å². The molecule has 4 aliphatic rings. The van der Waals surface area contributed by atoms with Crippen LogP contribution < -0.4 is 5.73 Å². The summed E-state index contributed by atoms with van der Waals surface area (Å²) in [5.74, 6) is 2.01. The van der Waals surface area contributed by atoms with Gasteiger partial charge < -0.3 is 10.8 Å². The molecule has 21 heavy (non-hydrogen) atoms. The standard InChI is InChI=1S/C19H29NO/c1-18-9-7-13(21)11-12(18)3-4-14-15-5-6-17(20)19(15,2)10-8-16(14)18/h4,7,9,12-13,15-17,21H,3,5-6,8,10-11,20H2,1-2H3/t12?,13?,15-,16+,17?,18-,19-/m0/s1. The molecule has 2 heteroatoms. The quantitative estimate of drug-likeness (QED) is 0.671. The number of rotatable bonds is 0. The molecule has 0 spiro atoms. The normalized spacial score (nSPS) is 55.4. The highest BCUT2D eigenvalue weighted by Gasteiger charge is 2.56. The molecule has 2 nitrogen and oxygen atoms in total. The maximum atomic E-state index is 9.96. The summed E-state index contributed by atoms with van der Waals surface area (Å²) in [6.45, 7) is 4.87. The molecule has 0 saturated heterocycles. The van der Waals surface area contributed by atoms with E-state index in [-0.39, 0.29) is 11.5 Å². The van der Waals surface area contributed by atoms with Crippen LogP contribution in [0.25, 0.3) is 0 Å². The van der Waals surface area contributed by atoms with E-state index in [9.17, 15) is 5.11 Å². The summed E-state index contributed by atoms with van der Waals surface area (Å²) in [5.41, 5.74) is 8.77. The van der Waals surface area contributed by atoms with Gasteiger partial charge in [-0.05, 0) is 67.1 Å². The summed E-state index contributed by atoms with van der Waals surface area (Å²) >= 11 is 0. The molecule has 3 unspecified atom stereocenters. The second-order valence-electron chi connectivity index (χ2n) is 8.50. The smallest absolute Gasteiger partial charge is 0.0724 e. The summed E-state index contributed by atoms with van der Waals surface area (Å²) in [4.78, 5) is 0. The van der Waals surface area contributed by atoms with Gasteiger partial charge in [0.2, 0.25) is 0 Å². The summed E-state index contributed by atoms with van der Waals surface area (Å²) in [6, 6.07) is 0.388. The van der Waals surface area contributed by atoms with Crippen molar-refractivity contribution in [2.24, 2.45) is 34.3 Å². The minimum Gasteiger partial charge on any atom is -0.389 e. The molecule has 4 aliphatic carbocycles. The highest BCUT2D eigenvalue weighted by Crippen LogP contribution is 2.63. The minimum atomic E-state index is -0.230. The molecule has 0 amide bonds. The zero-order valence-electron chi connectivity index (χ0n) is 13.4. The number of fused-ring (bicyclic) bond motifs is 5. The second kappa shape index (κ2) is 4.45. The van der Waals surface area contributed by atoms with Crippen molar-refractivity contribution in [3.05, 3.63) is 23.8 Å². The van der Waals surface area contributed by atoms with Crippen LogP contribution in [0.1, 0.15) is 52.4 Å². The van der Waals surface area contributed by atoms with Gasteiger partial charge in [-0.25, -0.2) is 0 Å². The van der Waals surface area contributed by atoms with Gasteiger partial charge in [0.05, 0.1) is 6.10 Å². The van der Waals surface area contributed by atoms with E-state index in [2.05, 4.69) is 26.0 Å². The Balaban J connectivity index is 1.72. The fraction of sp³-hybridized carbons (Fsp3) is 0.789. The van der Waals surface area contributed by atoms with Crippen LogP contribution in [0, 0.1) is 28.6 Å². The Morgan fingerprint density at radius 2 is 2.00 bits per heavy atom. The summed E-state index contributed by atoms with van der Waals surface area (Å²) in [7, 11) is 0. The molecule has 2 fully saturated rings. The first kappa shape index (κ1) is 14.0. The predicted molar refractivity (Wildman–Crippen MR) is 85.6 cm³/mol. The molecule has 0 aliphatic heterocycles. The van der Waals surface area contributed by atoms with Crippen molar-refractivity contribution < 1.29 is 5.11 Å². The molecule has 0 aromatic rings. The molecule has 2 saturated carbocycles. The van der Waals surface area contributed by atoms with Gasteiger partial charge in [0.1, 0.15) is 0 Å².